The number of ether oxygens (including phenoxy) is 1. The first-order chi connectivity index (χ1) is 13.1. The molecule has 1 amide bonds. The standard InChI is InChI=1S/C22H33N3O2/c1-17(23-2)6-5-9-19-12-21(15-24-14-19)27-20-10-11-25(16-20)22(26)13-18-7-3-4-8-18/h5,9,12,14-15,17-18,20,23H,3-4,6-8,10-11,13,16H2,1-2H3/t17-,20-/m0/s1. The SMILES string of the molecule is CN[C@@H](C)CC=Cc1cncc(O[C@H]2CCN(C(=O)CC3CCCC3)C2)c1. The molecule has 2 aliphatic rings. The van der Waals surface area contributed by atoms with Gasteiger partial charge in [-0.3, -0.25) is 9.78 Å². The second-order valence-corrected chi connectivity index (χ2v) is 8.00. The summed E-state index contributed by atoms with van der Waals surface area (Å²) >= 11 is 0. The summed E-state index contributed by atoms with van der Waals surface area (Å²) in [7, 11) is 1.97. The third-order valence-electron chi connectivity index (χ3n) is 5.77. The Balaban J connectivity index is 1.48. The van der Waals surface area contributed by atoms with Crippen LogP contribution in [0.5, 0.6) is 5.75 Å². The van der Waals surface area contributed by atoms with E-state index >= 15 is 0 Å². The molecule has 1 aromatic heterocycles. The second kappa shape index (κ2) is 9.88. The van der Waals surface area contributed by atoms with Gasteiger partial charge in [-0.15, -0.1) is 0 Å². The van der Waals surface area contributed by atoms with Gasteiger partial charge < -0.3 is 15.0 Å². The van der Waals surface area contributed by atoms with Gasteiger partial charge in [-0.25, -0.2) is 0 Å². The fourth-order valence-electron chi connectivity index (χ4n) is 3.95. The zero-order valence-corrected chi connectivity index (χ0v) is 16.7. The third-order valence-corrected chi connectivity index (χ3v) is 5.77. The van der Waals surface area contributed by atoms with Crippen LogP contribution in [0.25, 0.3) is 6.08 Å². The van der Waals surface area contributed by atoms with Crippen molar-refractivity contribution < 1.29 is 9.53 Å². The largest absolute Gasteiger partial charge is 0.487 e. The number of nitrogens with zero attached hydrogens (tertiary/aromatic N) is 2. The minimum absolute atomic E-state index is 0.0721. The molecule has 0 spiro atoms. The van der Waals surface area contributed by atoms with E-state index in [2.05, 4.69) is 29.4 Å². The van der Waals surface area contributed by atoms with Crippen molar-refractivity contribution in [1.29, 1.82) is 0 Å². The molecule has 5 heteroatoms. The Morgan fingerprint density at radius 3 is 2.96 bits per heavy atom. The van der Waals surface area contributed by atoms with E-state index in [0.29, 0.717) is 24.4 Å². The first kappa shape index (κ1) is 19.9. The quantitative estimate of drug-likeness (QED) is 0.758. The van der Waals surface area contributed by atoms with Crippen LogP contribution in [0.1, 0.15) is 57.4 Å². The molecule has 1 N–H and O–H groups in total. The van der Waals surface area contributed by atoms with Gasteiger partial charge in [-0.2, -0.15) is 0 Å². The fourth-order valence-corrected chi connectivity index (χ4v) is 3.95. The lowest BCUT2D eigenvalue weighted by Gasteiger charge is -2.19. The van der Waals surface area contributed by atoms with Crippen LogP contribution in [-0.4, -0.2) is 48.1 Å². The van der Waals surface area contributed by atoms with Crippen molar-refractivity contribution in [3.05, 3.63) is 30.1 Å². The van der Waals surface area contributed by atoms with E-state index in [1.807, 2.05) is 24.2 Å². The average molecular weight is 372 g/mol. The second-order valence-electron chi connectivity index (χ2n) is 8.00. The van der Waals surface area contributed by atoms with E-state index in [-0.39, 0.29) is 6.10 Å². The predicted molar refractivity (Wildman–Crippen MR) is 109 cm³/mol. The molecule has 1 aromatic rings. The van der Waals surface area contributed by atoms with E-state index in [1.54, 1.807) is 6.20 Å². The van der Waals surface area contributed by atoms with Crippen molar-refractivity contribution in [2.75, 3.05) is 20.1 Å². The Bertz CT molecular complexity index is 640. The number of amides is 1. The van der Waals surface area contributed by atoms with Gasteiger partial charge in [0.15, 0.2) is 0 Å². The molecular formula is C22H33N3O2. The average Bonchev–Trinajstić information content (AvgIpc) is 3.34. The zero-order valence-electron chi connectivity index (χ0n) is 16.7. The van der Waals surface area contributed by atoms with Crippen molar-refractivity contribution in [1.82, 2.24) is 15.2 Å². The van der Waals surface area contributed by atoms with Crippen LogP contribution >= 0.6 is 0 Å². The number of carbonyl (C=O) groups excluding carboxylic acids is 1. The minimum atomic E-state index is 0.0721. The normalized spacial score (nSPS) is 21.9. The van der Waals surface area contributed by atoms with Gasteiger partial charge in [0, 0.05) is 31.6 Å². The van der Waals surface area contributed by atoms with Crippen LogP contribution in [0.15, 0.2) is 24.5 Å². The Morgan fingerprint density at radius 1 is 1.37 bits per heavy atom. The topological polar surface area (TPSA) is 54.5 Å². The van der Waals surface area contributed by atoms with Crippen LogP contribution in [0.4, 0.5) is 0 Å². The molecule has 2 fully saturated rings. The molecule has 2 atom stereocenters. The van der Waals surface area contributed by atoms with Crippen molar-refractivity contribution in [3.8, 4) is 5.75 Å². The third kappa shape index (κ3) is 6.06. The Labute approximate surface area is 163 Å². The lowest BCUT2D eigenvalue weighted by atomic mass is 10.0. The van der Waals surface area contributed by atoms with Gasteiger partial charge in [0.25, 0.3) is 0 Å². The molecule has 3 rings (SSSR count). The number of pyridine rings is 1. The maximum absolute atomic E-state index is 12.5. The molecule has 1 saturated carbocycles. The first-order valence-corrected chi connectivity index (χ1v) is 10.4. The number of likely N-dealkylation sites (tertiary alicyclic amines) is 1. The van der Waals surface area contributed by atoms with Crippen LogP contribution in [0.2, 0.25) is 0 Å². The molecule has 1 saturated heterocycles. The molecule has 2 heterocycles. The Morgan fingerprint density at radius 2 is 2.19 bits per heavy atom. The van der Waals surface area contributed by atoms with Gasteiger partial charge in [-0.1, -0.05) is 25.0 Å². The lowest BCUT2D eigenvalue weighted by Crippen LogP contribution is -2.31. The summed E-state index contributed by atoms with van der Waals surface area (Å²) < 4.78 is 6.11. The molecule has 5 nitrogen and oxygen atoms in total. The van der Waals surface area contributed by atoms with Crippen molar-refractivity contribution in [2.24, 2.45) is 5.92 Å². The maximum Gasteiger partial charge on any atom is 0.222 e. The van der Waals surface area contributed by atoms with Gasteiger partial charge in [-0.05, 0) is 50.8 Å². The number of carbonyl (C=O) groups is 1. The van der Waals surface area contributed by atoms with E-state index in [1.165, 1.54) is 25.7 Å². The summed E-state index contributed by atoms with van der Waals surface area (Å²) in [6.07, 6.45) is 15.5. The van der Waals surface area contributed by atoms with Crippen LogP contribution in [0, 0.1) is 5.92 Å². The first-order valence-electron chi connectivity index (χ1n) is 10.4. The van der Waals surface area contributed by atoms with Gasteiger partial charge >= 0.3 is 0 Å². The maximum atomic E-state index is 12.5. The van der Waals surface area contributed by atoms with Gasteiger partial charge in [0.2, 0.25) is 5.91 Å². The molecular weight excluding hydrogens is 338 g/mol. The molecule has 27 heavy (non-hydrogen) atoms. The minimum Gasteiger partial charge on any atom is -0.487 e. The highest BCUT2D eigenvalue weighted by Gasteiger charge is 2.29. The zero-order chi connectivity index (χ0) is 19.1. The summed E-state index contributed by atoms with van der Waals surface area (Å²) in [5.41, 5.74) is 1.04. The summed E-state index contributed by atoms with van der Waals surface area (Å²) in [5, 5.41) is 3.22. The van der Waals surface area contributed by atoms with Crippen LogP contribution < -0.4 is 10.1 Å². The van der Waals surface area contributed by atoms with E-state index < -0.39 is 0 Å². The number of hydrogen-bond acceptors (Lipinski definition) is 4. The molecule has 148 valence electrons. The molecule has 0 bridgehead atoms. The van der Waals surface area contributed by atoms with Gasteiger partial charge in [0.1, 0.15) is 11.9 Å². The fraction of sp³-hybridized carbons (Fsp3) is 0.636. The summed E-state index contributed by atoms with van der Waals surface area (Å²) in [4.78, 5) is 18.8. The molecule has 1 aliphatic carbocycles. The number of aromatic nitrogens is 1. The smallest absolute Gasteiger partial charge is 0.222 e. The Kier molecular flexibility index (Phi) is 7.27. The highest BCUT2D eigenvalue weighted by molar-refractivity contribution is 5.76. The molecule has 0 unspecified atom stereocenters. The highest BCUT2D eigenvalue weighted by atomic mass is 16.5. The summed E-state index contributed by atoms with van der Waals surface area (Å²) in [6.45, 7) is 3.67. The van der Waals surface area contributed by atoms with Crippen molar-refractivity contribution >= 4 is 12.0 Å². The molecule has 0 radical (unpaired) electrons. The summed E-state index contributed by atoms with van der Waals surface area (Å²) in [6, 6.07) is 2.48. The van der Waals surface area contributed by atoms with E-state index in [4.69, 9.17) is 4.74 Å². The summed E-state index contributed by atoms with van der Waals surface area (Å²) in [5.74, 6) is 1.70. The van der Waals surface area contributed by atoms with E-state index in [0.717, 1.165) is 37.1 Å². The lowest BCUT2D eigenvalue weighted by molar-refractivity contribution is -0.131. The van der Waals surface area contributed by atoms with Crippen LogP contribution in [0.3, 0.4) is 0 Å². The Hall–Kier alpha value is -1.88. The van der Waals surface area contributed by atoms with E-state index in [9.17, 15) is 4.79 Å². The predicted octanol–water partition coefficient (Wildman–Crippen LogP) is 3.65. The van der Waals surface area contributed by atoms with Gasteiger partial charge in [0.05, 0.1) is 12.7 Å². The number of nitrogens with one attached hydrogen (secondary N) is 1. The van der Waals surface area contributed by atoms with Crippen molar-refractivity contribution in [2.45, 2.75) is 64.0 Å². The van der Waals surface area contributed by atoms with Crippen LogP contribution in [-0.2, 0) is 4.79 Å². The molecule has 1 aliphatic heterocycles. The highest BCUT2D eigenvalue weighted by Crippen LogP contribution is 2.29. The molecule has 0 aromatic carbocycles. The monoisotopic (exact) mass is 371 g/mol. The number of hydrogen-bond donors (Lipinski definition) is 1. The number of rotatable bonds is 8. The van der Waals surface area contributed by atoms with Crippen molar-refractivity contribution in [3.63, 3.8) is 0 Å².